The van der Waals surface area contributed by atoms with E-state index in [9.17, 15) is 4.79 Å². The first-order valence-corrected chi connectivity index (χ1v) is 8.82. The maximum atomic E-state index is 13.1. The number of carbonyl (C=O) groups excluding carboxylic acids is 1. The van der Waals surface area contributed by atoms with Gasteiger partial charge in [-0.15, -0.1) is 11.3 Å². The standard InChI is InChI=1S/C19H22N2O2S/c1-13-8-9-15(24-13)12-21(10-11-23-3)19(22)18-14(2)16-6-4-5-7-17(16)20-18/h4-9,20H,10-12H2,1-3H3. The van der Waals surface area contributed by atoms with Gasteiger partial charge >= 0.3 is 0 Å². The highest BCUT2D eigenvalue weighted by molar-refractivity contribution is 7.11. The molecule has 1 N–H and O–H groups in total. The summed E-state index contributed by atoms with van der Waals surface area (Å²) in [4.78, 5) is 20.7. The molecule has 0 bridgehead atoms. The van der Waals surface area contributed by atoms with E-state index in [1.54, 1.807) is 18.4 Å². The van der Waals surface area contributed by atoms with Crippen molar-refractivity contribution in [3.63, 3.8) is 0 Å². The van der Waals surface area contributed by atoms with Crippen LogP contribution in [0.1, 0.15) is 25.8 Å². The number of hydrogen-bond donors (Lipinski definition) is 1. The monoisotopic (exact) mass is 342 g/mol. The number of fused-ring (bicyclic) bond motifs is 1. The van der Waals surface area contributed by atoms with E-state index in [1.807, 2.05) is 36.1 Å². The van der Waals surface area contributed by atoms with Gasteiger partial charge in [-0.25, -0.2) is 0 Å². The molecule has 0 aliphatic rings. The summed E-state index contributed by atoms with van der Waals surface area (Å²) >= 11 is 1.73. The third-order valence-electron chi connectivity index (χ3n) is 4.17. The number of ether oxygens (including phenoxy) is 1. The molecular formula is C19H22N2O2S. The Morgan fingerprint density at radius 3 is 2.67 bits per heavy atom. The van der Waals surface area contributed by atoms with E-state index in [0.29, 0.717) is 25.4 Å². The van der Waals surface area contributed by atoms with Gasteiger partial charge in [0.05, 0.1) is 13.2 Å². The number of amides is 1. The second-order valence-corrected chi connectivity index (χ2v) is 7.27. The summed E-state index contributed by atoms with van der Waals surface area (Å²) in [7, 11) is 1.66. The van der Waals surface area contributed by atoms with E-state index in [0.717, 1.165) is 16.5 Å². The first-order chi connectivity index (χ1) is 11.6. The van der Waals surface area contributed by atoms with E-state index in [4.69, 9.17) is 4.74 Å². The number of benzene rings is 1. The van der Waals surface area contributed by atoms with Crippen molar-refractivity contribution in [2.45, 2.75) is 20.4 Å². The Morgan fingerprint density at radius 2 is 2.00 bits per heavy atom. The number of hydrogen-bond acceptors (Lipinski definition) is 3. The molecule has 0 saturated carbocycles. The van der Waals surface area contributed by atoms with E-state index in [2.05, 4.69) is 24.0 Å². The van der Waals surface area contributed by atoms with Crippen LogP contribution in [0.15, 0.2) is 36.4 Å². The third-order valence-corrected chi connectivity index (χ3v) is 5.16. The molecule has 126 valence electrons. The molecule has 0 saturated heterocycles. The highest BCUT2D eigenvalue weighted by atomic mass is 32.1. The van der Waals surface area contributed by atoms with Crippen LogP contribution in [-0.2, 0) is 11.3 Å². The van der Waals surface area contributed by atoms with Gasteiger partial charge in [0.2, 0.25) is 0 Å². The molecule has 1 aromatic carbocycles. The fourth-order valence-corrected chi connectivity index (χ4v) is 3.77. The second-order valence-electron chi connectivity index (χ2n) is 5.90. The molecule has 0 aliphatic carbocycles. The third kappa shape index (κ3) is 3.37. The lowest BCUT2D eigenvalue weighted by atomic mass is 10.1. The Bertz CT molecular complexity index is 850. The summed E-state index contributed by atoms with van der Waals surface area (Å²) in [6, 6.07) is 12.2. The molecule has 0 unspecified atom stereocenters. The van der Waals surface area contributed by atoms with Crippen LogP contribution in [-0.4, -0.2) is 36.1 Å². The normalized spacial score (nSPS) is 11.1. The molecule has 1 amide bonds. The van der Waals surface area contributed by atoms with Gasteiger partial charge in [0, 0.05) is 34.3 Å². The van der Waals surface area contributed by atoms with Crippen LogP contribution in [0, 0.1) is 13.8 Å². The first kappa shape index (κ1) is 16.7. The Labute approximate surface area is 146 Å². The second kappa shape index (κ2) is 7.20. The largest absolute Gasteiger partial charge is 0.383 e. The fraction of sp³-hybridized carbons (Fsp3) is 0.316. The van der Waals surface area contributed by atoms with Crippen molar-refractivity contribution in [2.75, 3.05) is 20.3 Å². The SMILES string of the molecule is COCCN(Cc1ccc(C)s1)C(=O)c1[nH]c2ccccc2c1C. The molecule has 3 aromatic rings. The van der Waals surface area contributed by atoms with Gasteiger partial charge in [-0.2, -0.15) is 0 Å². The average Bonchev–Trinajstić information content (AvgIpc) is 3.14. The Kier molecular flexibility index (Phi) is 5.02. The predicted octanol–water partition coefficient (Wildman–Crippen LogP) is 4.14. The van der Waals surface area contributed by atoms with Crippen LogP contribution in [0.4, 0.5) is 0 Å². The number of thiophene rings is 1. The molecule has 3 rings (SSSR count). The van der Waals surface area contributed by atoms with Crippen molar-refractivity contribution in [2.24, 2.45) is 0 Å². The summed E-state index contributed by atoms with van der Waals surface area (Å²) < 4.78 is 5.19. The molecule has 5 heteroatoms. The van der Waals surface area contributed by atoms with Crippen molar-refractivity contribution >= 4 is 28.1 Å². The van der Waals surface area contributed by atoms with Crippen molar-refractivity contribution in [3.8, 4) is 0 Å². The number of aromatic amines is 1. The van der Waals surface area contributed by atoms with Crippen molar-refractivity contribution in [1.82, 2.24) is 9.88 Å². The van der Waals surface area contributed by atoms with Crippen LogP contribution in [0.5, 0.6) is 0 Å². The van der Waals surface area contributed by atoms with Gasteiger partial charge in [-0.05, 0) is 37.6 Å². The number of para-hydroxylation sites is 1. The minimum Gasteiger partial charge on any atom is -0.383 e. The number of aryl methyl sites for hydroxylation is 2. The lowest BCUT2D eigenvalue weighted by Gasteiger charge is -2.21. The molecule has 24 heavy (non-hydrogen) atoms. The van der Waals surface area contributed by atoms with Gasteiger partial charge in [-0.3, -0.25) is 4.79 Å². The lowest BCUT2D eigenvalue weighted by molar-refractivity contribution is 0.0677. The molecule has 4 nitrogen and oxygen atoms in total. The smallest absolute Gasteiger partial charge is 0.270 e. The molecule has 0 radical (unpaired) electrons. The molecule has 0 spiro atoms. The summed E-state index contributed by atoms with van der Waals surface area (Å²) in [5.74, 6) is 0.0202. The number of carbonyl (C=O) groups is 1. The highest BCUT2D eigenvalue weighted by Crippen LogP contribution is 2.24. The summed E-state index contributed by atoms with van der Waals surface area (Å²) in [6.45, 7) is 5.78. The van der Waals surface area contributed by atoms with Crippen LogP contribution in [0.3, 0.4) is 0 Å². The molecule has 2 heterocycles. The van der Waals surface area contributed by atoms with Crippen LogP contribution < -0.4 is 0 Å². The maximum Gasteiger partial charge on any atom is 0.270 e. The zero-order valence-electron chi connectivity index (χ0n) is 14.3. The molecule has 0 aliphatic heterocycles. The molecule has 0 atom stereocenters. The summed E-state index contributed by atoms with van der Waals surface area (Å²) in [6.07, 6.45) is 0. The number of methoxy groups -OCH3 is 1. The van der Waals surface area contributed by atoms with E-state index >= 15 is 0 Å². The Hall–Kier alpha value is -2.11. The van der Waals surface area contributed by atoms with Gasteiger partial charge in [0.1, 0.15) is 5.69 Å². The molecule has 0 fully saturated rings. The molecule has 2 aromatic heterocycles. The Morgan fingerprint density at radius 1 is 1.21 bits per heavy atom. The van der Waals surface area contributed by atoms with Gasteiger partial charge in [0.15, 0.2) is 0 Å². The van der Waals surface area contributed by atoms with Crippen molar-refractivity contribution < 1.29 is 9.53 Å². The van der Waals surface area contributed by atoms with E-state index in [-0.39, 0.29) is 5.91 Å². The van der Waals surface area contributed by atoms with Crippen molar-refractivity contribution in [3.05, 3.63) is 57.4 Å². The minimum absolute atomic E-state index is 0.0202. The van der Waals surface area contributed by atoms with Gasteiger partial charge in [0.25, 0.3) is 5.91 Å². The van der Waals surface area contributed by atoms with Crippen LogP contribution in [0.25, 0.3) is 10.9 Å². The number of aromatic nitrogens is 1. The number of nitrogens with zero attached hydrogens (tertiary/aromatic N) is 1. The zero-order valence-corrected chi connectivity index (χ0v) is 15.1. The van der Waals surface area contributed by atoms with E-state index < -0.39 is 0 Å². The van der Waals surface area contributed by atoms with Gasteiger partial charge < -0.3 is 14.6 Å². The van der Waals surface area contributed by atoms with Crippen LogP contribution >= 0.6 is 11.3 Å². The summed E-state index contributed by atoms with van der Waals surface area (Å²) in [5, 5.41) is 1.10. The maximum absolute atomic E-state index is 13.1. The topological polar surface area (TPSA) is 45.3 Å². The van der Waals surface area contributed by atoms with Gasteiger partial charge in [-0.1, -0.05) is 18.2 Å². The van der Waals surface area contributed by atoms with Crippen LogP contribution in [0.2, 0.25) is 0 Å². The first-order valence-electron chi connectivity index (χ1n) is 8.01. The molecular weight excluding hydrogens is 320 g/mol. The number of H-pyrrole nitrogens is 1. The highest BCUT2D eigenvalue weighted by Gasteiger charge is 2.21. The Balaban J connectivity index is 1.90. The number of nitrogens with one attached hydrogen (secondary N) is 1. The quantitative estimate of drug-likeness (QED) is 0.732. The zero-order chi connectivity index (χ0) is 17.1. The number of rotatable bonds is 6. The predicted molar refractivity (Wildman–Crippen MR) is 98.7 cm³/mol. The average molecular weight is 342 g/mol. The summed E-state index contributed by atoms with van der Waals surface area (Å²) in [5.41, 5.74) is 2.66. The van der Waals surface area contributed by atoms with Crippen molar-refractivity contribution in [1.29, 1.82) is 0 Å². The van der Waals surface area contributed by atoms with E-state index in [1.165, 1.54) is 9.75 Å². The fourth-order valence-electron chi connectivity index (χ4n) is 2.87. The minimum atomic E-state index is 0.0202. The lowest BCUT2D eigenvalue weighted by Crippen LogP contribution is -2.33.